The summed E-state index contributed by atoms with van der Waals surface area (Å²) in [7, 11) is 0. The zero-order valence-electron chi connectivity index (χ0n) is 12.5. The van der Waals surface area contributed by atoms with Crippen molar-refractivity contribution in [1.82, 2.24) is 10.1 Å². The van der Waals surface area contributed by atoms with Crippen LogP contribution in [0.25, 0.3) is 11.5 Å². The van der Waals surface area contributed by atoms with Gasteiger partial charge in [0.1, 0.15) is 5.56 Å². The van der Waals surface area contributed by atoms with Gasteiger partial charge in [0, 0.05) is 6.07 Å². The van der Waals surface area contributed by atoms with Gasteiger partial charge in [-0.25, -0.2) is 0 Å². The maximum absolute atomic E-state index is 11.1. The third kappa shape index (κ3) is 3.08. The Balaban J connectivity index is 2.47. The molecule has 0 radical (unpaired) electrons. The highest BCUT2D eigenvalue weighted by Crippen LogP contribution is 2.33. The normalized spacial score (nSPS) is 13.2. The molecule has 0 amide bonds. The molecule has 112 valence electrons. The van der Waals surface area contributed by atoms with E-state index in [0.29, 0.717) is 11.4 Å². The van der Waals surface area contributed by atoms with E-state index in [4.69, 9.17) is 10.3 Å². The molecule has 0 aliphatic heterocycles. The predicted molar refractivity (Wildman–Crippen MR) is 77.5 cm³/mol. The molecular formula is C14H18N4O3. The van der Waals surface area contributed by atoms with E-state index in [0.717, 1.165) is 5.56 Å². The van der Waals surface area contributed by atoms with Crippen molar-refractivity contribution >= 4 is 5.69 Å². The Morgan fingerprint density at radius 2 is 2.05 bits per heavy atom. The van der Waals surface area contributed by atoms with Gasteiger partial charge in [-0.1, -0.05) is 32.0 Å². The zero-order chi connectivity index (χ0) is 15.8. The van der Waals surface area contributed by atoms with Gasteiger partial charge in [0.15, 0.2) is 5.82 Å². The topological polar surface area (TPSA) is 108 Å². The average Bonchev–Trinajstić information content (AvgIpc) is 2.85. The number of nitrogens with zero attached hydrogens (tertiary/aromatic N) is 3. The molecule has 1 heterocycles. The van der Waals surface area contributed by atoms with E-state index in [1.165, 1.54) is 6.07 Å². The van der Waals surface area contributed by atoms with Gasteiger partial charge in [-0.2, -0.15) is 4.98 Å². The van der Waals surface area contributed by atoms with Crippen LogP contribution in [0.15, 0.2) is 22.7 Å². The standard InChI is InChI=1S/C14H18N4O3/c1-8-5-6-10(18(19)20)9(7-8)13-16-12(17-21-13)11(15)14(2,3)4/h5-7,11H,15H2,1-4H3. The Morgan fingerprint density at radius 3 is 2.62 bits per heavy atom. The van der Waals surface area contributed by atoms with E-state index in [1.54, 1.807) is 12.1 Å². The Morgan fingerprint density at radius 1 is 1.38 bits per heavy atom. The van der Waals surface area contributed by atoms with E-state index in [2.05, 4.69) is 10.1 Å². The lowest BCUT2D eigenvalue weighted by Crippen LogP contribution is -2.27. The number of hydrogen-bond acceptors (Lipinski definition) is 6. The van der Waals surface area contributed by atoms with Gasteiger partial charge in [0.25, 0.3) is 11.6 Å². The molecule has 1 unspecified atom stereocenters. The van der Waals surface area contributed by atoms with Gasteiger partial charge in [0.2, 0.25) is 0 Å². The SMILES string of the molecule is Cc1ccc([N+](=O)[O-])c(-c2nc(C(N)C(C)(C)C)no2)c1. The summed E-state index contributed by atoms with van der Waals surface area (Å²) in [5, 5.41) is 15.0. The van der Waals surface area contributed by atoms with Crippen LogP contribution in [0.3, 0.4) is 0 Å². The fraction of sp³-hybridized carbons (Fsp3) is 0.429. The highest BCUT2D eigenvalue weighted by atomic mass is 16.6. The number of aromatic nitrogens is 2. The first-order valence-corrected chi connectivity index (χ1v) is 6.54. The van der Waals surface area contributed by atoms with Crippen molar-refractivity contribution in [1.29, 1.82) is 0 Å². The van der Waals surface area contributed by atoms with Crippen LogP contribution < -0.4 is 5.73 Å². The van der Waals surface area contributed by atoms with Crippen molar-refractivity contribution < 1.29 is 9.45 Å². The van der Waals surface area contributed by atoms with E-state index in [1.807, 2.05) is 27.7 Å². The Hall–Kier alpha value is -2.28. The van der Waals surface area contributed by atoms with Crippen LogP contribution in [-0.2, 0) is 0 Å². The Bertz CT molecular complexity index is 673. The summed E-state index contributed by atoms with van der Waals surface area (Å²) in [6, 6.07) is 4.33. The monoisotopic (exact) mass is 290 g/mol. The number of nitrogens with two attached hydrogens (primary N) is 1. The van der Waals surface area contributed by atoms with Crippen LogP contribution >= 0.6 is 0 Å². The summed E-state index contributed by atoms with van der Waals surface area (Å²) in [5.74, 6) is 0.452. The third-order valence-corrected chi connectivity index (χ3v) is 3.23. The minimum Gasteiger partial charge on any atom is -0.334 e. The molecule has 1 aromatic heterocycles. The maximum Gasteiger partial charge on any atom is 0.282 e. The van der Waals surface area contributed by atoms with E-state index >= 15 is 0 Å². The number of nitro benzene ring substituents is 1. The van der Waals surface area contributed by atoms with Gasteiger partial charge in [-0.15, -0.1) is 0 Å². The van der Waals surface area contributed by atoms with Gasteiger partial charge in [-0.05, 0) is 24.0 Å². The Kier molecular flexibility index (Phi) is 3.78. The minimum absolute atomic E-state index is 0.0693. The molecule has 2 N–H and O–H groups in total. The van der Waals surface area contributed by atoms with Crippen molar-refractivity contribution in [2.24, 2.45) is 11.1 Å². The summed E-state index contributed by atoms with van der Waals surface area (Å²) < 4.78 is 5.17. The summed E-state index contributed by atoms with van der Waals surface area (Å²) in [6.45, 7) is 7.72. The number of nitro groups is 1. The molecule has 21 heavy (non-hydrogen) atoms. The smallest absolute Gasteiger partial charge is 0.282 e. The minimum atomic E-state index is -0.470. The van der Waals surface area contributed by atoms with Gasteiger partial charge in [-0.3, -0.25) is 10.1 Å². The number of benzene rings is 1. The predicted octanol–water partition coefficient (Wildman–Crippen LogP) is 3.00. The third-order valence-electron chi connectivity index (χ3n) is 3.23. The number of hydrogen-bond donors (Lipinski definition) is 1. The lowest BCUT2D eigenvalue weighted by molar-refractivity contribution is -0.384. The van der Waals surface area contributed by atoms with Gasteiger partial charge < -0.3 is 10.3 Å². The molecule has 2 aromatic rings. The summed E-state index contributed by atoms with van der Waals surface area (Å²) in [6.07, 6.45) is 0. The molecular weight excluding hydrogens is 272 g/mol. The summed E-state index contributed by atoms with van der Waals surface area (Å²) >= 11 is 0. The molecule has 0 saturated heterocycles. The second kappa shape index (κ2) is 5.25. The van der Waals surface area contributed by atoms with E-state index < -0.39 is 11.0 Å². The van der Waals surface area contributed by atoms with Gasteiger partial charge in [0.05, 0.1) is 11.0 Å². The van der Waals surface area contributed by atoms with Crippen molar-refractivity contribution in [2.75, 3.05) is 0 Å². The second-order valence-electron chi connectivity index (χ2n) is 6.08. The van der Waals surface area contributed by atoms with Crippen LogP contribution in [0.4, 0.5) is 5.69 Å². The van der Waals surface area contributed by atoms with Crippen molar-refractivity contribution in [3.8, 4) is 11.5 Å². The Labute approximate surface area is 122 Å². The van der Waals surface area contributed by atoms with Crippen LogP contribution in [0.5, 0.6) is 0 Å². The molecule has 0 aliphatic carbocycles. The van der Waals surface area contributed by atoms with E-state index in [9.17, 15) is 10.1 Å². The highest BCUT2D eigenvalue weighted by Gasteiger charge is 2.28. The molecule has 2 rings (SSSR count). The summed E-state index contributed by atoms with van der Waals surface area (Å²) in [5.41, 5.74) is 6.94. The molecule has 1 atom stereocenters. The molecule has 7 heteroatoms. The summed E-state index contributed by atoms with van der Waals surface area (Å²) in [4.78, 5) is 14.9. The van der Waals surface area contributed by atoms with Gasteiger partial charge >= 0.3 is 0 Å². The van der Waals surface area contributed by atoms with Crippen LogP contribution in [0.2, 0.25) is 0 Å². The second-order valence-corrected chi connectivity index (χ2v) is 6.08. The molecule has 0 fully saturated rings. The lowest BCUT2D eigenvalue weighted by Gasteiger charge is -2.23. The lowest BCUT2D eigenvalue weighted by atomic mass is 9.87. The van der Waals surface area contributed by atoms with Crippen LogP contribution in [0, 0.1) is 22.5 Å². The molecule has 0 saturated carbocycles. The molecule has 0 aliphatic rings. The molecule has 0 bridgehead atoms. The average molecular weight is 290 g/mol. The molecule has 1 aromatic carbocycles. The van der Waals surface area contributed by atoms with Crippen LogP contribution in [-0.4, -0.2) is 15.1 Å². The first-order valence-electron chi connectivity index (χ1n) is 6.54. The zero-order valence-corrected chi connectivity index (χ0v) is 12.5. The van der Waals surface area contributed by atoms with Crippen molar-refractivity contribution in [3.05, 3.63) is 39.7 Å². The van der Waals surface area contributed by atoms with Crippen molar-refractivity contribution in [3.63, 3.8) is 0 Å². The first kappa shape index (κ1) is 15.1. The van der Waals surface area contributed by atoms with Crippen LogP contribution in [0.1, 0.15) is 38.2 Å². The largest absolute Gasteiger partial charge is 0.334 e. The quantitative estimate of drug-likeness (QED) is 0.687. The first-order chi connectivity index (χ1) is 9.70. The fourth-order valence-electron chi connectivity index (χ4n) is 1.84. The number of rotatable bonds is 3. The maximum atomic E-state index is 11.1. The van der Waals surface area contributed by atoms with E-state index in [-0.39, 0.29) is 17.0 Å². The highest BCUT2D eigenvalue weighted by molar-refractivity contribution is 5.67. The molecule has 0 spiro atoms. The number of aryl methyl sites for hydroxylation is 1. The van der Waals surface area contributed by atoms with Crippen molar-refractivity contribution in [2.45, 2.75) is 33.7 Å². The fourth-order valence-corrected chi connectivity index (χ4v) is 1.84. The molecule has 7 nitrogen and oxygen atoms in total.